The molecule has 0 unspecified atom stereocenters. The van der Waals surface area contributed by atoms with Gasteiger partial charge in [0.15, 0.2) is 0 Å². The average Bonchev–Trinajstić information content (AvgIpc) is 1.61. The molecule has 0 aromatic rings. The predicted octanol–water partition coefficient (Wildman–Crippen LogP) is -1.71. The van der Waals surface area contributed by atoms with Gasteiger partial charge in [-0.2, -0.15) is 0 Å². The normalized spacial score (nSPS) is 9.43. The van der Waals surface area contributed by atoms with Crippen LogP contribution in [0.4, 0.5) is 0 Å². The van der Waals surface area contributed by atoms with E-state index in [2.05, 4.69) is 9.73 Å². The summed E-state index contributed by atoms with van der Waals surface area (Å²) in [6.07, 6.45) is 1.22. The quantitative estimate of drug-likeness (QED) is 0.243. The number of rotatable bonds is 1. The molecule has 0 saturated heterocycles. The molecule has 0 aliphatic carbocycles. The molecular formula is C4H8NO2+. The standard InChI is InChI=1S/C4H7NO2/c1-4(6)7-3-5-2/h3H,1-2H3/p+1. The Labute approximate surface area is 42.0 Å². The van der Waals surface area contributed by atoms with Crippen molar-refractivity contribution >= 4 is 12.4 Å². The molecule has 0 rings (SSSR count). The molecule has 0 bridgehead atoms. The van der Waals surface area contributed by atoms with Gasteiger partial charge in [-0.25, -0.2) is 4.99 Å². The van der Waals surface area contributed by atoms with Crippen molar-refractivity contribution in [1.29, 1.82) is 0 Å². The number of hydrogen-bond donors (Lipinski definition) is 1. The van der Waals surface area contributed by atoms with E-state index in [9.17, 15) is 4.79 Å². The second-order valence-corrected chi connectivity index (χ2v) is 1.02. The first-order valence-corrected chi connectivity index (χ1v) is 1.93. The first-order chi connectivity index (χ1) is 3.27. The van der Waals surface area contributed by atoms with Crippen LogP contribution in [0.15, 0.2) is 0 Å². The lowest BCUT2D eigenvalue weighted by atomic mass is 10.8. The lowest BCUT2D eigenvalue weighted by molar-refractivity contribution is -0.423. The number of ether oxygens (including phenoxy) is 1. The third-order valence-corrected chi connectivity index (χ3v) is 0.343. The third kappa shape index (κ3) is 5.14. The van der Waals surface area contributed by atoms with Gasteiger partial charge in [-0.05, 0) is 0 Å². The summed E-state index contributed by atoms with van der Waals surface area (Å²) in [4.78, 5) is 12.4. The van der Waals surface area contributed by atoms with Crippen LogP contribution in [0.1, 0.15) is 6.92 Å². The molecule has 0 atom stereocenters. The Bertz CT molecular complexity index is 87.7. The third-order valence-electron chi connectivity index (χ3n) is 0.343. The first kappa shape index (κ1) is 6.14. The van der Waals surface area contributed by atoms with Gasteiger partial charge >= 0.3 is 12.4 Å². The molecule has 0 aromatic heterocycles. The zero-order valence-electron chi connectivity index (χ0n) is 4.39. The summed E-state index contributed by atoms with van der Waals surface area (Å²) in [6.45, 7) is 1.34. The molecule has 1 N–H and O–H groups in total. The zero-order valence-corrected chi connectivity index (χ0v) is 4.39. The average molecular weight is 102 g/mol. The zero-order chi connectivity index (χ0) is 5.70. The number of esters is 1. The molecule has 0 amide bonds. The van der Waals surface area contributed by atoms with Crippen LogP contribution >= 0.6 is 0 Å². The van der Waals surface area contributed by atoms with Crippen molar-refractivity contribution in [3.63, 3.8) is 0 Å². The molecule has 0 spiro atoms. The Hall–Kier alpha value is -0.860. The minimum absolute atomic E-state index is 0.311. The highest BCUT2D eigenvalue weighted by Crippen LogP contribution is 1.61. The van der Waals surface area contributed by atoms with Gasteiger partial charge in [0.05, 0.1) is 0 Å². The molecule has 0 aromatic carbocycles. The Morgan fingerprint density at radius 2 is 2.43 bits per heavy atom. The molecule has 3 heteroatoms. The van der Waals surface area contributed by atoms with Crippen LogP contribution in [-0.2, 0) is 9.53 Å². The smallest absolute Gasteiger partial charge is 0.329 e. The van der Waals surface area contributed by atoms with E-state index in [1.807, 2.05) is 0 Å². The van der Waals surface area contributed by atoms with Crippen LogP contribution in [0.3, 0.4) is 0 Å². The number of hydrogen-bond acceptors (Lipinski definition) is 2. The lowest BCUT2D eigenvalue weighted by Crippen LogP contribution is -2.63. The van der Waals surface area contributed by atoms with Crippen LogP contribution in [0.25, 0.3) is 0 Å². The van der Waals surface area contributed by atoms with E-state index in [-0.39, 0.29) is 5.97 Å². The van der Waals surface area contributed by atoms with Gasteiger partial charge in [-0.1, -0.05) is 0 Å². The van der Waals surface area contributed by atoms with Crippen molar-refractivity contribution < 1.29 is 14.5 Å². The molecule has 0 saturated carbocycles. The molecule has 0 aliphatic rings. The van der Waals surface area contributed by atoms with Crippen molar-refractivity contribution in [2.24, 2.45) is 0 Å². The van der Waals surface area contributed by atoms with Gasteiger partial charge in [0.2, 0.25) is 0 Å². The fraction of sp³-hybridized carbons (Fsp3) is 0.500. The fourth-order valence-corrected chi connectivity index (χ4v) is 0.142. The van der Waals surface area contributed by atoms with E-state index >= 15 is 0 Å². The van der Waals surface area contributed by atoms with Crippen molar-refractivity contribution in [1.82, 2.24) is 0 Å². The molecule has 7 heavy (non-hydrogen) atoms. The van der Waals surface area contributed by atoms with Gasteiger partial charge in [0.1, 0.15) is 7.05 Å². The van der Waals surface area contributed by atoms with Crippen LogP contribution in [0, 0.1) is 0 Å². The van der Waals surface area contributed by atoms with E-state index < -0.39 is 0 Å². The molecule has 3 nitrogen and oxygen atoms in total. The minimum atomic E-state index is -0.311. The van der Waals surface area contributed by atoms with Gasteiger partial charge in [-0.15, -0.1) is 0 Å². The lowest BCUT2D eigenvalue weighted by Gasteiger charge is -1.79. The highest BCUT2D eigenvalue weighted by atomic mass is 16.5. The number of carbonyl (C=O) groups excluding carboxylic acids is 1. The van der Waals surface area contributed by atoms with E-state index in [0.29, 0.717) is 0 Å². The second kappa shape index (κ2) is 3.33. The maximum atomic E-state index is 9.91. The molecule has 0 fully saturated rings. The predicted molar refractivity (Wildman–Crippen MR) is 24.7 cm³/mol. The summed E-state index contributed by atoms with van der Waals surface area (Å²) in [5.41, 5.74) is 0. The van der Waals surface area contributed by atoms with Crippen molar-refractivity contribution in [2.45, 2.75) is 6.92 Å². The summed E-state index contributed by atoms with van der Waals surface area (Å²) >= 11 is 0. The Morgan fingerprint density at radius 1 is 1.86 bits per heavy atom. The maximum Gasteiger partial charge on any atom is 0.329 e. The molecule has 40 valence electrons. The fourth-order valence-electron chi connectivity index (χ4n) is 0.142. The summed E-state index contributed by atoms with van der Waals surface area (Å²) in [6, 6.07) is 0. The molecule has 0 aliphatic heterocycles. The van der Waals surface area contributed by atoms with Crippen molar-refractivity contribution in [2.75, 3.05) is 7.05 Å². The van der Waals surface area contributed by atoms with E-state index in [1.54, 1.807) is 7.05 Å². The Kier molecular flexibility index (Phi) is 2.92. The van der Waals surface area contributed by atoms with Crippen LogP contribution < -0.4 is 4.99 Å². The Balaban J connectivity index is 3.14. The highest BCUT2D eigenvalue weighted by Gasteiger charge is 1.84. The summed E-state index contributed by atoms with van der Waals surface area (Å²) in [5.74, 6) is -0.311. The maximum absolute atomic E-state index is 9.91. The van der Waals surface area contributed by atoms with E-state index in [4.69, 9.17) is 0 Å². The SMILES string of the molecule is C[NH+]=COC(C)=O. The van der Waals surface area contributed by atoms with Crippen molar-refractivity contribution in [3.05, 3.63) is 0 Å². The minimum Gasteiger partial charge on any atom is -0.377 e. The van der Waals surface area contributed by atoms with Gasteiger partial charge in [0.25, 0.3) is 0 Å². The molecule has 0 radical (unpaired) electrons. The second-order valence-electron chi connectivity index (χ2n) is 1.02. The van der Waals surface area contributed by atoms with Gasteiger partial charge < -0.3 is 4.74 Å². The number of nitrogens with one attached hydrogen (secondary N) is 1. The topological polar surface area (TPSA) is 40.3 Å². The summed E-state index contributed by atoms with van der Waals surface area (Å²) in [7, 11) is 1.66. The van der Waals surface area contributed by atoms with E-state index in [0.717, 1.165) is 0 Å². The van der Waals surface area contributed by atoms with Crippen LogP contribution in [0.2, 0.25) is 0 Å². The molecule has 0 heterocycles. The highest BCUT2D eigenvalue weighted by molar-refractivity contribution is 5.73. The molecular weight excluding hydrogens is 94.0 g/mol. The van der Waals surface area contributed by atoms with Crippen LogP contribution in [-0.4, -0.2) is 19.4 Å². The van der Waals surface area contributed by atoms with Gasteiger partial charge in [0, 0.05) is 6.92 Å². The van der Waals surface area contributed by atoms with Crippen molar-refractivity contribution in [3.8, 4) is 0 Å². The Morgan fingerprint density at radius 3 is 2.57 bits per heavy atom. The largest absolute Gasteiger partial charge is 0.377 e. The summed E-state index contributed by atoms with van der Waals surface area (Å²) in [5, 5.41) is 0. The first-order valence-electron chi connectivity index (χ1n) is 1.93. The van der Waals surface area contributed by atoms with Gasteiger partial charge in [-0.3, -0.25) is 4.79 Å². The summed E-state index contributed by atoms with van der Waals surface area (Å²) < 4.78 is 4.32. The monoisotopic (exact) mass is 102 g/mol. The van der Waals surface area contributed by atoms with Crippen LogP contribution in [0.5, 0.6) is 0 Å². The number of carbonyl (C=O) groups is 1. The van der Waals surface area contributed by atoms with E-state index in [1.165, 1.54) is 13.3 Å².